The summed E-state index contributed by atoms with van der Waals surface area (Å²) in [6.45, 7) is 7.15. The van der Waals surface area contributed by atoms with Crippen molar-refractivity contribution in [2.45, 2.75) is 33.2 Å². The number of carbonyl (C=O) groups excluding carboxylic acids is 2. The van der Waals surface area contributed by atoms with Gasteiger partial charge in [0.05, 0.1) is 5.69 Å². The molecule has 0 aromatic heterocycles. The van der Waals surface area contributed by atoms with Gasteiger partial charge in [0.2, 0.25) is 0 Å². The van der Waals surface area contributed by atoms with E-state index >= 15 is 0 Å². The van der Waals surface area contributed by atoms with Crippen LogP contribution < -0.4 is 10.6 Å². The van der Waals surface area contributed by atoms with Gasteiger partial charge in [0.1, 0.15) is 0 Å². The maximum absolute atomic E-state index is 11.7. The zero-order valence-corrected chi connectivity index (χ0v) is 10.6. The zero-order valence-electron chi connectivity index (χ0n) is 10.6. The Morgan fingerprint density at radius 1 is 1.12 bits per heavy atom. The molecule has 0 saturated heterocycles. The first kappa shape index (κ1) is 13.2. The van der Waals surface area contributed by atoms with Gasteiger partial charge in [-0.1, -0.05) is 12.1 Å². The average Bonchev–Trinajstić information content (AvgIpc) is 2.14. The maximum Gasteiger partial charge on any atom is 0.319 e. The SMILES string of the molecule is CC(=O)c1ccccc1NC(=O)NC(C)(C)C. The van der Waals surface area contributed by atoms with Crippen molar-refractivity contribution in [1.82, 2.24) is 5.32 Å². The van der Waals surface area contributed by atoms with Crippen LogP contribution in [0.1, 0.15) is 38.1 Å². The van der Waals surface area contributed by atoms with Gasteiger partial charge in [-0.15, -0.1) is 0 Å². The Bertz CT molecular complexity index is 433. The van der Waals surface area contributed by atoms with Gasteiger partial charge in [-0.2, -0.15) is 0 Å². The first-order chi connectivity index (χ1) is 7.79. The highest BCUT2D eigenvalue weighted by Crippen LogP contribution is 2.15. The van der Waals surface area contributed by atoms with E-state index in [4.69, 9.17) is 0 Å². The van der Waals surface area contributed by atoms with Gasteiger partial charge in [-0.3, -0.25) is 4.79 Å². The fraction of sp³-hybridized carbons (Fsp3) is 0.385. The largest absolute Gasteiger partial charge is 0.333 e. The van der Waals surface area contributed by atoms with Crippen molar-refractivity contribution in [2.75, 3.05) is 5.32 Å². The van der Waals surface area contributed by atoms with Crippen LogP contribution in [-0.2, 0) is 0 Å². The van der Waals surface area contributed by atoms with Crippen LogP contribution >= 0.6 is 0 Å². The van der Waals surface area contributed by atoms with Crippen molar-refractivity contribution < 1.29 is 9.59 Å². The highest BCUT2D eigenvalue weighted by atomic mass is 16.2. The average molecular weight is 234 g/mol. The van der Waals surface area contributed by atoms with Crippen molar-refractivity contribution in [3.63, 3.8) is 0 Å². The highest BCUT2D eigenvalue weighted by molar-refractivity contribution is 6.03. The Morgan fingerprint density at radius 3 is 2.24 bits per heavy atom. The van der Waals surface area contributed by atoms with Gasteiger partial charge in [0, 0.05) is 11.1 Å². The van der Waals surface area contributed by atoms with Crippen LogP contribution in [0.4, 0.5) is 10.5 Å². The lowest BCUT2D eigenvalue weighted by molar-refractivity contribution is 0.101. The van der Waals surface area contributed by atoms with Crippen LogP contribution in [-0.4, -0.2) is 17.4 Å². The van der Waals surface area contributed by atoms with Gasteiger partial charge in [0.15, 0.2) is 5.78 Å². The summed E-state index contributed by atoms with van der Waals surface area (Å²) in [5.41, 5.74) is 0.730. The van der Waals surface area contributed by atoms with Crippen molar-refractivity contribution in [2.24, 2.45) is 0 Å². The number of benzene rings is 1. The summed E-state index contributed by atoms with van der Waals surface area (Å²) < 4.78 is 0. The van der Waals surface area contributed by atoms with Crippen LogP contribution in [0.5, 0.6) is 0 Å². The maximum atomic E-state index is 11.7. The number of para-hydroxylation sites is 1. The Kier molecular flexibility index (Phi) is 3.89. The summed E-state index contributed by atoms with van der Waals surface area (Å²) in [5, 5.41) is 5.45. The van der Waals surface area contributed by atoms with E-state index in [0.717, 1.165) is 0 Å². The Morgan fingerprint density at radius 2 is 1.71 bits per heavy atom. The molecule has 0 atom stereocenters. The molecule has 0 aliphatic rings. The second kappa shape index (κ2) is 4.99. The van der Waals surface area contributed by atoms with E-state index in [-0.39, 0.29) is 17.4 Å². The molecule has 0 heterocycles. The second-order valence-electron chi connectivity index (χ2n) is 4.93. The first-order valence-corrected chi connectivity index (χ1v) is 5.49. The molecule has 2 N–H and O–H groups in total. The van der Waals surface area contributed by atoms with E-state index in [0.29, 0.717) is 11.3 Å². The highest BCUT2D eigenvalue weighted by Gasteiger charge is 2.15. The molecule has 0 unspecified atom stereocenters. The lowest BCUT2D eigenvalue weighted by Crippen LogP contribution is -2.43. The summed E-state index contributed by atoms with van der Waals surface area (Å²) in [6.07, 6.45) is 0. The van der Waals surface area contributed by atoms with Crippen molar-refractivity contribution >= 4 is 17.5 Å². The van der Waals surface area contributed by atoms with Gasteiger partial charge in [-0.05, 0) is 39.8 Å². The Labute approximate surface area is 101 Å². The topological polar surface area (TPSA) is 58.2 Å². The molecule has 1 rings (SSSR count). The molecule has 4 nitrogen and oxygen atoms in total. The molecule has 1 aromatic carbocycles. The molecule has 0 aliphatic heterocycles. The molecule has 92 valence electrons. The summed E-state index contributed by atoms with van der Waals surface area (Å²) in [6, 6.07) is 6.63. The number of hydrogen-bond acceptors (Lipinski definition) is 2. The third kappa shape index (κ3) is 4.26. The quantitative estimate of drug-likeness (QED) is 0.773. The van der Waals surface area contributed by atoms with Crippen molar-refractivity contribution in [3.05, 3.63) is 29.8 Å². The molecule has 0 bridgehead atoms. The monoisotopic (exact) mass is 234 g/mol. The minimum atomic E-state index is -0.314. The Balaban J connectivity index is 2.82. The van der Waals surface area contributed by atoms with E-state index in [1.54, 1.807) is 24.3 Å². The molecule has 1 aromatic rings. The van der Waals surface area contributed by atoms with E-state index in [1.807, 2.05) is 20.8 Å². The molecule has 0 radical (unpaired) electrons. The number of Topliss-reactive ketones (excluding diaryl/α,β-unsaturated/α-hetero) is 1. The predicted octanol–water partition coefficient (Wildman–Crippen LogP) is 2.81. The van der Waals surface area contributed by atoms with Crippen LogP contribution in [0.25, 0.3) is 0 Å². The molecule has 0 fully saturated rings. The third-order valence-electron chi connectivity index (χ3n) is 2.04. The van der Waals surface area contributed by atoms with Crippen LogP contribution in [0, 0.1) is 0 Å². The minimum Gasteiger partial charge on any atom is -0.333 e. The number of amides is 2. The molecular weight excluding hydrogens is 216 g/mol. The number of hydrogen-bond donors (Lipinski definition) is 2. The van der Waals surface area contributed by atoms with Gasteiger partial charge in [-0.25, -0.2) is 4.79 Å². The van der Waals surface area contributed by atoms with Gasteiger partial charge in [0.25, 0.3) is 0 Å². The first-order valence-electron chi connectivity index (χ1n) is 5.49. The number of carbonyl (C=O) groups is 2. The van der Waals surface area contributed by atoms with Crippen LogP contribution in [0.2, 0.25) is 0 Å². The number of nitrogens with one attached hydrogen (secondary N) is 2. The molecule has 0 spiro atoms. The van der Waals surface area contributed by atoms with E-state index in [9.17, 15) is 9.59 Å². The van der Waals surface area contributed by atoms with Crippen LogP contribution in [0.15, 0.2) is 24.3 Å². The fourth-order valence-electron chi connectivity index (χ4n) is 1.39. The smallest absolute Gasteiger partial charge is 0.319 e. The fourth-order valence-corrected chi connectivity index (χ4v) is 1.39. The standard InChI is InChI=1S/C13H18N2O2/c1-9(16)10-7-5-6-8-11(10)14-12(17)15-13(2,3)4/h5-8H,1-4H3,(H2,14,15,17). The summed E-state index contributed by atoms with van der Waals surface area (Å²) in [4.78, 5) is 23.0. The Hall–Kier alpha value is -1.84. The second-order valence-corrected chi connectivity index (χ2v) is 4.93. The van der Waals surface area contributed by atoms with E-state index in [1.165, 1.54) is 6.92 Å². The third-order valence-corrected chi connectivity index (χ3v) is 2.04. The van der Waals surface area contributed by atoms with E-state index < -0.39 is 0 Å². The molecule has 17 heavy (non-hydrogen) atoms. The number of urea groups is 1. The summed E-state index contributed by atoms with van der Waals surface area (Å²) >= 11 is 0. The number of rotatable bonds is 2. The van der Waals surface area contributed by atoms with Crippen molar-refractivity contribution in [3.8, 4) is 0 Å². The summed E-state index contributed by atoms with van der Waals surface area (Å²) in [5.74, 6) is -0.0725. The summed E-state index contributed by atoms with van der Waals surface area (Å²) in [7, 11) is 0. The van der Waals surface area contributed by atoms with Gasteiger partial charge < -0.3 is 10.6 Å². The van der Waals surface area contributed by atoms with Crippen LogP contribution in [0.3, 0.4) is 0 Å². The molecule has 4 heteroatoms. The minimum absolute atomic E-state index is 0.0725. The predicted molar refractivity (Wildman–Crippen MR) is 68.4 cm³/mol. The molecular formula is C13H18N2O2. The zero-order chi connectivity index (χ0) is 13.1. The van der Waals surface area contributed by atoms with E-state index in [2.05, 4.69) is 10.6 Å². The lowest BCUT2D eigenvalue weighted by atomic mass is 10.1. The normalized spacial score (nSPS) is 10.8. The molecule has 2 amide bonds. The molecule has 0 aliphatic carbocycles. The lowest BCUT2D eigenvalue weighted by Gasteiger charge is -2.21. The number of anilines is 1. The molecule has 0 saturated carbocycles. The number of ketones is 1. The van der Waals surface area contributed by atoms with Crippen molar-refractivity contribution in [1.29, 1.82) is 0 Å². The van der Waals surface area contributed by atoms with Gasteiger partial charge >= 0.3 is 6.03 Å².